The van der Waals surface area contributed by atoms with Crippen molar-refractivity contribution in [1.82, 2.24) is 10.2 Å². The van der Waals surface area contributed by atoms with E-state index in [2.05, 4.69) is 5.32 Å². The molecule has 21 heavy (non-hydrogen) atoms. The lowest BCUT2D eigenvalue weighted by molar-refractivity contribution is -0.132. The molecule has 0 saturated carbocycles. The molecule has 2 aliphatic heterocycles. The highest BCUT2D eigenvalue weighted by molar-refractivity contribution is 6.32. The monoisotopic (exact) mass is 330 g/mol. The molecule has 1 amide bonds. The SMILES string of the molecule is Cl.O=C(C1CCCN1)N1CCC(Oc2ccccc2Cl)C1. The lowest BCUT2D eigenvalue weighted by atomic mass is 10.2. The van der Waals surface area contributed by atoms with Gasteiger partial charge in [0.25, 0.3) is 0 Å². The predicted molar refractivity (Wildman–Crippen MR) is 85.3 cm³/mol. The number of carbonyl (C=O) groups is 1. The van der Waals surface area contributed by atoms with E-state index in [1.165, 1.54) is 0 Å². The van der Waals surface area contributed by atoms with Crippen molar-refractivity contribution < 1.29 is 9.53 Å². The number of halogens is 2. The molecule has 2 atom stereocenters. The molecule has 6 heteroatoms. The molecule has 0 aromatic heterocycles. The van der Waals surface area contributed by atoms with E-state index in [4.69, 9.17) is 16.3 Å². The van der Waals surface area contributed by atoms with Crippen LogP contribution < -0.4 is 10.1 Å². The van der Waals surface area contributed by atoms with Gasteiger partial charge < -0.3 is 15.0 Å². The molecule has 2 unspecified atom stereocenters. The Morgan fingerprint density at radius 1 is 1.33 bits per heavy atom. The van der Waals surface area contributed by atoms with Crippen LogP contribution in [0.25, 0.3) is 0 Å². The number of nitrogens with zero attached hydrogens (tertiary/aromatic N) is 1. The van der Waals surface area contributed by atoms with Crippen LogP contribution in [0, 0.1) is 0 Å². The Morgan fingerprint density at radius 3 is 2.86 bits per heavy atom. The molecule has 116 valence electrons. The van der Waals surface area contributed by atoms with Crippen LogP contribution in [-0.4, -0.2) is 42.6 Å². The second-order valence-corrected chi connectivity index (χ2v) is 5.80. The highest BCUT2D eigenvalue weighted by Crippen LogP contribution is 2.26. The summed E-state index contributed by atoms with van der Waals surface area (Å²) in [6, 6.07) is 7.48. The Bertz CT molecular complexity index is 492. The van der Waals surface area contributed by atoms with Crippen molar-refractivity contribution in [2.45, 2.75) is 31.4 Å². The van der Waals surface area contributed by atoms with Gasteiger partial charge in [-0.3, -0.25) is 4.79 Å². The molecule has 0 bridgehead atoms. The van der Waals surface area contributed by atoms with E-state index in [0.717, 1.165) is 32.4 Å². The summed E-state index contributed by atoms with van der Waals surface area (Å²) < 4.78 is 5.90. The van der Waals surface area contributed by atoms with Gasteiger partial charge in [-0.15, -0.1) is 12.4 Å². The number of carbonyl (C=O) groups excluding carboxylic acids is 1. The molecular weight excluding hydrogens is 311 g/mol. The largest absolute Gasteiger partial charge is 0.487 e. The van der Waals surface area contributed by atoms with Gasteiger partial charge in [-0.2, -0.15) is 0 Å². The van der Waals surface area contributed by atoms with Crippen LogP contribution in [0.5, 0.6) is 5.75 Å². The first-order valence-corrected chi connectivity index (χ1v) is 7.55. The normalized spacial score (nSPS) is 24.7. The number of hydrogen-bond donors (Lipinski definition) is 1. The average molecular weight is 331 g/mol. The van der Waals surface area contributed by atoms with Crippen LogP contribution in [0.3, 0.4) is 0 Å². The summed E-state index contributed by atoms with van der Waals surface area (Å²) in [4.78, 5) is 14.2. The van der Waals surface area contributed by atoms with Crippen molar-refractivity contribution >= 4 is 29.9 Å². The summed E-state index contributed by atoms with van der Waals surface area (Å²) in [6.45, 7) is 2.37. The van der Waals surface area contributed by atoms with Crippen LogP contribution in [0.15, 0.2) is 24.3 Å². The van der Waals surface area contributed by atoms with Gasteiger partial charge in [0, 0.05) is 13.0 Å². The summed E-state index contributed by atoms with van der Waals surface area (Å²) in [5.41, 5.74) is 0. The third-order valence-electron chi connectivity index (χ3n) is 3.95. The first kappa shape index (κ1) is 16.4. The molecule has 0 spiro atoms. The number of amides is 1. The van der Waals surface area contributed by atoms with Gasteiger partial charge in [-0.1, -0.05) is 23.7 Å². The zero-order valence-electron chi connectivity index (χ0n) is 11.8. The van der Waals surface area contributed by atoms with E-state index in [-0.39, 0.29) is 30.5 Å². The number of ether oxygens (including phenoxy) is 1. The molecule has 0 radical (unpaired) electrons. The number of benzene rings is 1. The smallest absolute Gasteiger partial charge is 0.239 e. The maximum atomic E-state index is 12.3. The molecule has 2 fully saturated rings. The van der Waals surface area contributed by atoms with Gasteiger partial charge in [-0.25, -0.2) is 0 Å². The quantitative estimate of drug-likeness (QED) is 0.925. The third kappa shape index (κ3) is 3.82. The fraction of sp³-hybridized carbons (Fsp3) is 0.533. The van der Waals surface area contributed by atoms with Crippen molar-refractivity contribution in [3.8, 4) is 5.75 Å². The highest BCUT2D eigenvalue weighted by Gasteiger charge is 2.33. The number of para-hydroxylation sites is 1. The molecule has 3 rings (SSSR count). The first-order chi connectivity index (χ1) is 9.74. The van der Waals surface area contributed by atoms with E-state index in [1.807, 2.05) is 29.2 Å². The molecule has 1 N–H and O–H groups in total. The Balaban J connectivity index is 0.00000161. The Labute approximate surface area is 136 Å². The molecule has 1 aromatic rings. The van der Waals surface area contributed by atoms with E-state index >= 15 is 0 Å². The predicted octanol–water partition coefficient (Wildman–Crippen LogP) is 2.49. The van der Waals surface area contributed by atoms with Crippen LogP contribution >= 0.6 is 24.0 Å². The maximum Gasteiger partial charge on any atom is 0.239 e. The molecule has 1 aromatic carbocycles. The van der Waals surface area contributed by atoms with Crippen molar-refractivity contribution in [2.24, 2.45) is 0 Å². The van der Waals surface area contributed by atoms with Crippen LogP contribution in [0.2, 0.25) is 5.02 Å². The number of hydrogen-bond acceptors (Lipinski definition) is 3. The zero-order valence-corrected chi connectivity index (χ0v) is 13.3. The maximum absolute atomic E-state index is 12.3. The zero-order chi connectivity index (χ0) is 13.9. The standard InChI is InChI=1S/C15H19ClN2O2.ClH/c16-12-4-1-2-6-14(12)20-11-7-9-18(10-11)15(19)13-5-3-8-17-13;/h1-2,4,6,11,13,17H,3,5,7-10H2;1H. The van der Waals surface area contributed by atoms with Gasteiger partial charge in [0.2, 0.25) is 5.91 Å². The number of rotatable bonds is 3. The van der Waals surface area contributed by atoms with Crippen molar-refractivity contribution in [1.29, 1.82) is 0 Å². The fourth-order valence-electron chi connectivity index (χ4n) is 2.86. The van der Waals surface area contributed by atoms with Crippen LogP contribution in [0.4, 0.5) is 0 Å². The van der Waals surface area contributed by atoms with Crippen molar-refractivity contribution in [3.05, 3.63) is 29.3 Å². The average Bonchev–Trinajstić information content (AvgIpc) is 3.12. The minimum Gasteiger partial charge on any atom is -0.487 e. The van der Waals surface area contributed by atoms with Crippen molar-refractivity contribution in [3.63, 3.8) is 0 Å². The molecule has 2 aliphatic rings. The summed E-state index contributed by atoms with van der Waals surface area (Å²) in [5.74, 6) is 0.917. The van der Waals surface area contributed by atoms with E-state index in [1.54, 1.807) is 0 Å². The second-order valence-electron chi connectivity index (χ2n) is 5.39. The van der Waals surface area contributed by atoms with Crippen molar-refractivity contribution in [2.75, 3.05) is 19.6 Å². The number of nitrogens with one attached hydrogen (secondary N) is 1. The summed E-state index contributed by atoms with van der Waals surface area (Å²) in [5, 5.41) is 3.87. The summed E-state index contributed by atoms with van der Waals surface area (Å²) >= 11 is 6.09. The lowest BCUT2D eigenvalue weighted by Crippen LogP contribution is -2.43. The Morgan fingerprint density at radius 2 is 2.14 bits per heavy atom. The summed E-state index contributed by atoms with van der Waals surface area (Å²) in [6.07, 6.45) is 2.94. The molecule has 2 heterocycles. The summed E-state index contributed by atoms with van der Waals surface area (Å²) in [7, 11) is 0. The minimum atomic E-state index is 0. The minimum absolute atomic E-state index is 0. The topological polar surface area (TPSA) is 41.6 Å². The number of likely N-dealkylation sites (tertiary alicyclic amines) is 1. The molecule has 0 aliphatic carbocycles. The van der Waals surface area contributed by atoms with Gasteiger partial charge >= 0.3 is 0 Å². The Kier molecular flexibility index (Phi) is 5.73. The molecule has 4 nitrogen and oxygen atoms in total. The third-order valence-corrected chi connectivity index (χ3v) is 4.26. The van der Waals surface area contributed by atoms with Gasteiger partial charge in [-0.05, 0) is 31.5 Å². The highest BCUT2D eigenvalue weighted by atomic mass is 35.5. The lowest BCUT2D eigenvalue weighted by Gasteiger charge is -2.21. The van der Waals surface area contributed by atoms with Crippen LogP contribution in [0.1, 0.15) is 19.3 Å². The first-order valence-electron chi connectivity index (χ1n) is 7.17. The molecular formula is C15H20Cl2N2O2. The fourth-order valence-corrected chi connectivity index (χ4v) is 3.04. The van der Waals surface area contributed by atoms with E-state index < -0.39 is 0 Å². The second kappa shape index (κ2) is 7.34. The molecule has 2 saturated heterocycles. The van der Waals surface area contributed by atoms with Crippen LogP contribution in [-0.2, 0) is 4.79 Å². The van der Waals surface area contributed by atoms with Gasteiger partial charge in [0.05, 0.1) is 17.6 Å². The Hall–Kier alpha value is -0.970. The van der Waals surface area contributed by atoms with E-state index in [0.29, 0.717) is 17.3 Å². The van der Waals surface area contributed by atoms with Gasteiger partial charge in [0.1, 0.15) is 11.9 Å². The van der Waals surface area contributed by atoms with E-state index in [9.17, 15) is 4.79 Å². The van der Waals surface area contributed by atoms with Gasteiger partial charge in [0.15, 0.2) is 0 Å².